The number of nitrogens with two attached hydrogens (primary N) is 1. The Morgan fingerprint density at radius 3 is 2.75 bits per heavy atom. The van der Waals surface area contributed by atoms with Crippen LogP contribution in [0.15, 0.2) is 10.3 Å². The molecule has 1 atom stereocenters. The van der Waals surface area contributed by atoms with E-state index in [-0.39, 0.29) is 11.1 Å². The molecule has 0 fully saturated rings. The van der Waals surface area contributed by atoms with E-state index in [4.69, 9.17) is 10.9 Å². The van der Waals surface area contributed by atoms with Gasteiger partial charge in [0.15, 0.2) is 5.16 Å². The molecule has 0 saturated carbocycles. The van der Waals surface area contributed by atoms with Crippen molar-refractivity contribution in [2.45, 2.75) is 37.1 Å². The molecule has 0 saturated heterocycles. The molecule has 1 aromatic rings. The van der Waals surface area contributed by atoms with Crippen molar-refractivity contribution in [1.82, 2.24) is 14.8 Å². The summed E-state index contributed by atoms with van der Waals surface area (Å²) in [6.45, 7) is 3.97. The molecule has 0 aromatic carbocycles. The zero-order valence-electron chi connectivity index (χ0n) is 9.71. The van der Waals surface area contributed by atoms with E-state index in [1.165, 1.54) is 0 Å². The molecule has 1 rings (SSSR count). The van der Waals surface area contributed by atoms with Crippen molar-refractivity contribution in [3.63, 3.8) is 0 Å². The molecular formula is C9H17N5OS. The Bertz CT molecular complexity index is 376. The molecule has 0 spiro atoms. The minimum Gasteiger partial charge on any atom is -0.409 e. The molecule has 0 aliphatic rings. The van der Waals surface area contributed by atoms with Gasteiger partial charge in [-0.1, -0.05) is 23.8 Å². The smallest absolute Gasteiger partial charge is 0.191 e. The first-order chi connectivity index (χ1) is 7.58. The maximum atomic E-state index is 8.52. The maximum absolute atomic E-state index is 8.52. The molecule has 0 amide bonds. The van der Waals surface area contributed by atoms with Gasteiger partial charge in [-0.3, -0.25) is 0 Å². The molecule has 90 valence electrons. The van der Waals surface area contributed by atoms with E-state index < -0.39 is 0 Å². The van der Waals surface area contributed by atoms with Crippen LogP contribution in [0.4, 0.5) is 0 Å². The predicted molar refractivity (Wildman–Crippen MR) is 63.7 cm³/mol. The normalized spacial score (nSPS) is 14.1. The third-order valence-corrected chi connectivity index (χ3v) is 3.74. The quantitative estimate of drug-likeness (QED) is 0.266. The summed E-state index contributed by atoms with van der Waals surface area (Å²) >= 11 is 1.60. The summed E-state index contributed by atoms with van der Waals surface area (Å²) in [6, 6.07) is 0. The molecular weight excluding hydrogens is 226 g/mol. The largest absolute Gasteiger partial charge is 0.409 e. The number of thioether (sulfide) groups is 1. The average Bonchev–Trinajstić information content (AvgIpc) is 2.59. The zero-order chi connectivity index (χ0) is 12.1. The SMILES string of the molecule is CCC(CC(N)=NO)Sc1nnc(C)n1C. The molecule has 0 aliphatic carbocycles. The van der Waals surface area contributed by atoms with E-state index in [0.717, 1.165) is 17.4 Å². The van der Waals surface area contributed by atoms with Crippen LogP contribution in [0, 0.1) is 6.92 Å². The first-order valence-corrected chi connectivity index (χ1v) is 5.95. The van der Waals surface area contributed by atoms with E-state index >= 15 is 0 Å². The highest BCUT2D eigenvalue weighted by Crippen LogP contribution is 2.25. The lowest BCUT2D eigenvalue weighted by molar-refractivity contribution is 0.316. The Morgan fingerprint density at radius 1 is 1.62 bits per heavy atom. The highest BCUT2D eigenvalue weighted by atomic mass is 32.2. The fourth-order valence-electron chi connectivity index (χ4n) is 1.18. The Labute approximate surface area is 98.9 Å². The second-order valence-electron chi connectivity index (χ2n) is 3.53. The van der Waals surface area contributed by atoms with Crippen LogP contribution in [0.2, 0.25) is 0 Å². The number of hydrogen-bond donors (Lipinski definition) is 2. The minimum atomic E-state index is 0.248. The van der Waals surface area contributed by atoms with Crippen molar-refractivity contribution in [2.24, 2.45) is 17.9 Å². The van der Waals surface area contributed by atoms with E-state index in [1.54, 1.807) is 11.8 Å². The summed E-state index contributed by atoms with van der Waals surface area (Å²) in [7, 11) is 1.92. The van der Waals surface area contributed by atoms with Gasteiger partial charge in [0.05, 0.1) is 0 Å². The summed E-state index contributed by atoms with van der Waals surface area (Å²) in [5.74, 6) is 1.12. The molecule has 1 aromatic heterocycles. The van der Waals surface area contributed by atoms with Crippen LogP contribution in [0.3, 0.4) is 0 Å². The van der Waals surface area contributed by atoms with Gasteiger partial charge in [0.25, 0.3) is 0 Å². The van der Waals surface area contributed by atoms with E-state index in [9.17, 15) is 0 Å². The fraction of sp³-hybridized carbons (Fsp3) is 0.667. The predicted octanol–water partition coefficient (Wildman–Crippen LogP) is 1.13. The van der Waals surface area contributed by atoms with Gasteiger partial charge in [0, 0.05) is 18.7 Å². The van der Waals surface area contributed by atoms with Crippen LogP contribution < -0.4 is 5.73 Å². The van der Waals surface area contributed by atoms with Crippen molar-refractivity contribution in [3.8, 4) is 0 Å². The van der Waals surface area contributed by atoms with E-state index in [1.807, 2.05) is 18.5 Å². The summed E-state index contributed by atoms with van der Waals surface area (Å²) in [4.78, 5) is 0. The monoisotopic (exact) mass is 243 g/mol. The van der Waals surface area contributed by atoms with Crippen LogP contribution in [0.25, 0.3) is 0 Å². The Kier molecular flexibility index (Phi) is 4.60. The minimum absolute atomic E-state index is 0.248. The Morgan fingerprint density at radius 2 is 2.31 bits per heavy atom. The van der Waals surface area contributed by atoms with Gasteiger partial charge in [0.2, 0.25) is 0 Å². The first-order valence-electron chi connectivity index (χ1n) is 5.07. The third kappa shape index (κ3) is 3.13. The van der Waals surface area contributed by atoms with Gasteiger partial charge in [-0.05, 0) is 13.3 Å². The standard InChI is InChI=1S/C9H17N5OS/c1-4-7(5-8(10)13-15)16-9-12-11-6(2)14(9)3/h7,15H,4-5H2,1-3H3,(H2,10,13). The van der Waals surface area contributed by atoms with E-state index in [2.05, 4.69) is 22.3 Å². The molecule has 1 unspecified atom stereocenters. The molecule has 0 bridgehead atoms. The Hall–Kier alpha value is -1.24. The number of aryl methyl sites for hydroxylation is 1. The topological polar surface area (TPSA) is 89.3 Å². The van der Waals surface area contributed by atoms with Gasteiger partial charge in [-0.15, -0.1) is 10.2 Å². The molecule has 1 heterocycles. The molecule has 7 heteroatoms. The van der Waals surface area contributed by atoms with Crippen molar-refractivity contribution < 1.29 is 5.21 Å². The summed E-state index contributed by atoms with van der Waals surface area (Å²) in [6.07, 6.45) is 1.47. The highest BCUT2D eigenvalue weighted by molar-refractivity contribution is 7.99. The van der Waals surface area contributed by atoms with Gasteiger partial charge in [0.1, 0.15) is 11.7 Å². The second kappa shape index (κ2) is 5.74. The van der Waals surface area contributed by atoms with Crippen LogP contribution in [-0.2, 0) is 7.05 Å². The summed E-state index contributed by atoms with van der Waals surface area (Å²) in [5.41, 5.74) is 5.49. The molecule has 16 heavy (non-hydrogen) atoms. The number of aromatic nitrogens is 3. The highest BCUT2D eigenvalue weighted by Gasteiger charge is 2.15. The molecule has 6 nitrogen and oxygen atoms in total. The number of amidine groups is 1. The van der Waals surface area contributed by atoms with E-state index in [0.29, 0.717) is 6.42 Å². The van der Waals surface area contributed by atoms with Crippen LogP contribution in [0.1, 0.15) is 25.6 Å². The summed E-state index contributed by atoms with van der Waals surface area (Å²) in [5, 5.41) is 20.7. The second-order valence-corrected chi connectivity index (χ2v) is 4.80. The average molecular weight is 243 g/mol. The van der Waals surface area contributed by atoms with Crippen LogP contribution in [0.5, 0.6) is 0 Å². The van der Waals surface area contributed by atoms with Crippen molar-refractivity contribution in [3.05, 3.63) is 5.82 Å². The van der Waals surface area contributed by atoms with Gasteiger partial charge in [-0.25, -0.2) is 0 Å². The maximum Gasteiger partial charge on any atom is 0.191 e. The molecule has 0 aliphatic heterocycles. The number of oxime groups is 1. The van der Waals surface area contributed by atoms with Crippen molar-refractivity contribution in [2.75, 3.05) is 0 Å². The Balaban J connectivity index is 2.67. The number of nitrogens with zero attached hydrogens (tertiary/aromatic N) is 4. The van der Waals surface area contributed by atoms with Gasteiger partial charge < -0.3 is 15.5 Å². The first kappa shape index (κ1) is 12.8. The lowest BCUT2D eigenvalue weighted by atomic mass is 10.2. The van der Waals surface area contributed by atoms with Crippen molar-refractivity contribution >= 4 is 17.6 Å². The lowest BCUT2D eigenvalue weighted by Gasteiger charge is -2.12. The molecule has 0 radical (unpaired) electrons. The zero-order valence-corrected chi connectivity index (χ0v) is 10.5. The fourth-order valence-corrected chi connectivity index (χ4v) is 2.28. The van der Waals surface area contributed by atoms with Crippen LogP contribution >= 0.6 is 11.8 Å². The third-order valence-electron chi connectivity index (χ3n) is 2.35. The number of rotatable bonds is 5. The summed E-state index contributed by atoms with van der Waals surface area (Å²) < 4.78 is 1.93. The lowest BCUT2D eigenvalue weighted by Crippen LogP contribution is -2.18. The molecule has 3 N–H and O–H groups in total. The van der Waals surface area contributed by atoms with Crippen LogP contribution in [-0.4, -0.2) is 31.1 Å². The number of hydrogen-bond acceptors (Lipinski definition) is 5. The van der Waals surface area contributed by atoms with Gasteiger partial charge in [-0.2, -0.15) is 0 Å². The van der Waals surface area contributed by atoms with Gasteiger partial charge >= 0.3 is 0 Å². The van der Waals surface area contributed by atoms with Crippen molar-refractivity contribution in [1.29, 1.82) is 0 Å².